The van der Waals surface area contributed by atoms with Gasteiger partial charge in [0.25, 0.3) is 11.8 Å². The van der Waals surface area contributed by atoms with Crippen LogP contribution in [-0.2, 0) is 16.0 Å². The second kappa shape index (κ2) is 11.4. The van der Waals surface area contributed by atoms with Crippen molar-refractivity contribution in [1.82, 2.24) is 4.90 Å². The molecule has 2 aromatic rings. The topological polar surface area (TPSA) is 83.9 Å². The number of benzene rings is 2. The predicted octanol–water partition coefficient (Wildman–Crippen LogP) is 5.04. The molecular weight excluding hydrogens is 454 g/mol. The van der Waals surface area contributed by atoms with Crippen LogP contribution >= 0.6 is 0 Å². The Morgan fingerprint density at radius 2 is 1.61 bits per heavy atom. The largest absolute Gasteiger partial charge is 0.462 e. The van der Waals surface area contributed by atoms with E-state index in [1.165, 1.54) is 4.90 Å². The van der Waals surface area contributed by atoms with Gasteiger partial charge in [0.2, 0.25) is 0 Å². The van der Waals surface area contributed by atoms with Crippen molar-refractivity contribution >= 4 is 17.8 Å². The van der Waals surface area contributed by atoms with E-state index in [0.717, 1.165) is 24.8 Å². The fourth-order valence-electron chi connectivity index (χ4n) is 5.70. The summed E-state index contributed by atoms with van der Waals surface area (Å²) in [5.74, 6) is 0.152. The van der Waals surface area contributed by atoms with E-state index < -0.39 is 24.0 Å². The van der Waals surface area contributed by atoms with Crippen LogP contribution in [0.2, 0.25) is 0 Å². The first-order chi connectivity index (χ1) is 17.3. The highest BCUT2D eigenvalue weighted by molar-refractivity contribution is 6.21. The van der Waals surface area contributed by atoms with E-state index in [2.05, 4.69) is 20.8 Å². The van der Waals surface area contributed by atoms with Crippen molar-refractivity contribution in [3.05, 3.63) is 71.3 Å². The van der Waals surface area contributed by atoms with Crippen molar-refractivity contribution in [1.29, 1.82) is 0 Å². The van der Waals surface area contributed by atoms with Crippen LogP contribution < -0.4 is 0 Å². The molecule has 1 saturated carbocycles. The Labute approximate surface area is 213 Å². The first-order valence-electron chi connectivity index (χ1n) is 13.1. The molecule has 36 heavy (non-hydrogen) atoms. The maximum absolute atomic E-state index is 13.2. The third-order valence-electron chi connectivity index (χ3n) is 7.78. The van der Waals surface area contributed by atoms with Crippen molar-refractivity contribution in [3.8, 4) is 0 Å². The van der Waals surface area contributed by atoms with Crippen LogP contribution in [0.1, 0.15) is 79.2 Å². The zero-order valence-electron chi connectivity index (χ0n) is 21.4. The van der Waals surface area contributed by atoms with Gasteiger partial charge in [-0.2, -0.15) is 0 Å². The summed E-state index contributed by atoms with van der Waals surface area (Å²) in [6.07, 6.45) is 2.35. The highest BCUT2D eigenvalue weighted by Crippen LogP contribution is 2.36. The number of amides is 2. The summed E-state index contributed by atoms with van der Waals surface area (Å²) in [6, 6.07) is 15.4. The van der Waals surface area contributed by atoms with Gasteiger partial charge in [-0.15, -0.1) is 0 Å². The molecule has 1 aliphatic carbocycles. The van der Waals surface area contributed by atoms with Gasteiger partial charge in [-0.1, -0.05) is 69.7 Å². The summed E-state index contributed by atoms with van der Waals surface area (Å²) in [4.78, 5) is 40.3. The number of nitrogens with zero attached hydrogens (tertiary/aromatic N) is 1. The minimum atomic E-state index is -1.06. The van der Waals surface area contributed by atoms with Crippen LogP contribution in [0.3, 0.4) is 0 Å². The van der Waals surface area contributed by atoms with E-state index in [1.807, 2.05) is 30.3 Å². The molecule has 2 amide bonds. The molecule has 2 aliphatic rings. The molecule has 4 rings (SSSR count). The van der Waals surface area contributed by atoms with Crippen molar-refractivity contribution in [2.24, 2.45) is 17.8 Å². The third-order valence-corrected chi connectivity index (χ3v) is 7.78. The Morgan fingerprint density at radius 3 is 2.22 bits per heavy atom. The zero-order valence-corrected chi connectivity index (χ0v) is 21.4. The Hall–Kier alpha value is -2.99. The molecule has 2 aromatic carbocycles. The van der Waals surface area contributed by atoms with E-state index in [9.17, 15) is 19.5 Å². The number of fused-ring (bicyclic) bond motifs is 1. The molecule has 1 heterocycles. The molecule has 1 fully saturated rings. The maximum atomic E-state index is 13.2. The lowest BCUT2D eigenvalue weighted by Crippen LogP contribution is -2.48. The van der Waals surface area contributed by atoms with Gasteiger partial charge >= 0.3 is 5.97 Å². The Morgan fingerprint density at radius 1 is 1.00 bits per heavy atom. The molecule has 0 saturated heterocycles. The van der Waals surface area contributed by atoms with E-state index in [-0.39, 0.29) is 24.9 Å². The van der Waals surface area contributed by atoms with Crippen molar-refractivity contribution in [3.63, 3.8) is 0 Å². The third kappa shape index (κ3) is 5.70. The summed E-state index contributed by atoms with van der Waals surface area (Å²) in [5, 5.41) is 11.2. The molecule has 0 spiro atoms. The van der Waals surface area contributed by atoms with Crippen LogP contribution in [-0.4, -0.2) is 46.0 Å². The van der Waals surface area contributed by atoms with Crippen LogP contribution in [0.15, 0.2) is 54.6 Å². The zero-order chi connectivity index (χ0) is 25.8. The van der Waals surface area contributed by atoms with Crippen LogP contribution in [0, 0.1) is 17.8 Å². The molecule has 1 aliphatic heterocycles. The number of aliphatic hydroxyl groups excluding tert-OH is 1. The average Bonchev–Trinajstić information content (AvgIpc) is 3.11. The van der Waals surface area contributed by atoms with Gasteiger partial charge in [0.05, 0.1) is 23.3 Å². The number of aliphatic hydroxyl groups is 1. The number of carbonyl (C=O) groups excluding carboxylic acids is 3. The summed E-state index contributed by atoms with van der Waals surface area (Å²) >= 11 is 0. The van der Waals surface area contributed by atoms with Gasteiger partial charge in [0, 0.05) is 6.42 Å². The molecule has 0 radical (unpaired) electrons. The quantitative estimate of drug-likeness (QED) is 0.393. The summed E-state index contributed by atoms with van der Waals surface area (Å²) in [7, 11) is 0. The Bertz CT molecular complexity index is 1050. The Balaban J connectivity index is 1.46. The first kappa shape index (κ1) is 26.1. The second-order valence-electron chi connectivity index (χ2n) is 10.7. The Kier molecular flexibility index (Phi) is 8.24. The number of ether oxygens (including phenoxy) is 1. The molecule has 0 aromatic heterocycles. The number of rotatable bonds is 9. The van der Waals surface area contributed by atoms with E-state index in [0.29, 0.717) is 35.3 Å². The van der Waals surface area contributed by atoms with Gasteiger partial charge < -0.3 is 9.84 Å². The normalized spacial score (nSPS) is 23.5. The number of hydrogen-bond donors (Lipinski definition) is 1. The lowest BCUT2D eigenvalue weighted by molar-refractivity contribution is -0.156. The van der Waals surface area contributed by atoms with Crippen molar-refractivity contribution < 1.29 is 24.2 Å². The van der Waals surface area contributed by atoms with Crippen molar-refractivity contribution in [2.75, 3.05) is 0 Å². The lowest BCUT2D eigenvalue weighted by atomic mass is 9.75. The van der Waals surface area contributed by atoms with E-state index >= 15 is 0 Å². The monoisotopic (exact) mass is 491 g/mol. The summed E-state index contributed by atoms with van der Waals surface area (Å²) < 4.78 is 5.90. The fraction of sp³-hybridized carbons (Fsp3) is 0.500. The van der Waals surface area contributed by atoms with Gasteiger partial charge in [-0.05, 0) is 61.1 Å². The smallest absolute Gasteiger partial charge is 0.306 e. The van der Waals surface area contributed by atoms with E-state index in [4.69, 9.17) is 4.74 Å². The number of carbonyl (C=O) groups is 3. The maximum Gasteiger partial charge on any atom is 0.306 e. The first-order valence-corrected chi connectivity index (χ1v) is 13.1. The molecular formula is C30H37NO5. The SMILES string of the molecule is CC(C)[C@@H]1CC[C@@H](C)C[C@H]1OC(=O)CC[C@@H](O)[C@H](Cc1ccccc1)N1C(=O)c2ccccc2C1=O. The van der Waals surface area contributed by atoms with Crippen LogP contribution in [0.4, 0.5) is 0 Å². The highest BCUT2D eigenvalue weighted by atomic mass is 16.5. The molecule has 5 atom stereocenters. The number of esters is 1. The standard InChI is InChI=1S/C30H37NO5/c1-19(2)22-14-13-20(3)17-27(22)36-28(33)16-15-26(32)25(18-21-9-5-4-6-10-21)31-29(34)23-11-7-8-12-24(23)30(31)35/h4-12,19-20,22,25-27,32H,13-18H2,1-3H3/t20-,22+,25+,26-,27-/m1/s1. The number of hydrogen-bond acceptors (Lipinski definition) is 5. The second-order valence-corrected chi connectivity index (χ2v) is 10.7. The molecule has 1 N–H and O–H groups in total. The summed E-state index contributed by atoms with van der Waals surface area (Å²) in [5.41, 5.74) is 1.59. The van der Waals surface area contributed by atoms with Crippen LogP contribution in [0.5, 0.6) is 0 Å². The highest BCUT2D eigenvalue weighted by Gasteiger charge is 2.42. The molecule has 0 bridgehead atoms. The minimum absolute atomic E-state index is 0.0331. The van der Waals surface area contributed by atoms with Gasteiger partial charge in [0.1, 0.15) is 6.10 Å². The van der Waals surface area contributed by atoms with Gasteiger partial charge in [-0.25, -0.2) is 0 Å². The van der Waals surface area contributed by atoms with Crippen LogP contribution in [0.25, 0.3) is 0 Å². The predicted molar refractivity (Wildman–Crippen MR) is 137 cm³/mol. The molecule has 6 heteroatoms. The molecule has 6 nitrogen and oxygen atoms in total. The van der Waals surface area contributed by atoms with Gasteiger partial charge in [0.15, 0.2) is 0 Å². The van der Waals surface area contributed by atoms with Gasteiger partial charge in [-0.3, -0.25) is 19.3 Å². The number of imide groups is 1. The molecule has 0 unspecified atom stereocenters. The minimum Gasteiger partial charge on any atom is -0.462 e. The van der Waals surface area contributed by atoms with E-state index in [1.54, 1.807) is 24.3 Å². The lowest BCUT2D eigenvalue weighted by Gasteiger charge is -2.36. The van der Waals surface area contributed by atoms with Crippen molar-refractivity contribution in [2.45, 2.75) is 77.5 Å². The molecule has 192 valence electrons. The fourth-order valence-corrected chi connectivity index (χ4v) is 5.70. The average molecular weight is 492 g/mol. The summed E-state index contributed by atoms with van der Waals surface area (Å²) in [6.45, 7) is 6.53.